The molecular formula is C17H15FN2O. The number of pyridine rings is 1. The molecule has 2 N–H and O–H groups in total. The van der Waals surface area contributed by atoms with Crippen LogP contribution >= 0.6 is 0 Å². The first-order chi connectivity index (χ1) is 10.3. The maximum absolute atomic E-state index is 14.0. The number of para-hydroxylation sites is 1. The highest BCUT2D eigenvalue weighted by Gasteiger charge is 2.11. The lowest BCUT2D eigenvalue weighted by Crippen LogP contribution is -2.05. The fraction of sp³-hybridized carbons (Fsp3) is 0.118. The number of benzene rings is 2. The van der Waals surface area contributed by atoms with E-state index in [1.807, 2.05) is 30.3 Å². The molecule has 3 aromatic rings. The molecule has 106 valence electrons. The van der Waals surface area contributed by atoms with Crippen LogP contribution in [0, 0.1) is 5.82 Å². The number of aromatic nitrogens is 1. The number of hydrogen-bond donors (Lipinski definition) is 1. The summed E-state index contributed by atoms with van der Waals surface area (Å²) < 4.78 is 19.7. The summed E-state index contributed by atoms with van der Waals surface area (Å²) in [7, 11) is 0. The summed E-state index contributed by atoms with van der Waals surface area (Å²) in [6.07, 6.45) is 2.29. The largest absolute Gasteiger partial charge is 0.454 e. The number of rotatable bonds is 4. The molecule has 0 saturated carbocycles. The van der Waals surface area contributed by atoms with E-state index >= 15 is 0 Å². The van der Waals surface area contributed by atoms with E-state index in [9.17, 15) is 4.39 Å². The molecule has 3 rings (SSSR count). The van der Waals surface area contributed by atoms with Gasteiger partial charge in [-0.25, -0.2) is 4.39 Å². The molecule has 0 spiro atoms. The van der Waals surface area contributed by atoms with Crippen molar-refractivity contribution in [3.63, 3.8) is 0 Å². The first kappa shape index (κ1) is 13.5. The van der Waals surface area contributed by atoms with Gasteiger partial charge in [0.05, 0.1) is 5.52 Å². The number of ether oxygens (including phenoxy) is 1. The summed E-state index contributed by atoms with van der Waals surface area (Å²) in [5.41, 5.74) is 7.13. The Bertz CT molecular complexity index is 774. The minimum atomic E-state index is -0.387. The molecule has 1 aromatic heterocycles. The normalized spacial score (nSPS) is 10.8. The zero-order valence-electron chi connectivity index (χ0n) is 11.4. The van der Waals surface area contributed by atoms with Crippen LogP contribution in [0.4, 0.5) is 4.39 Å². The molecule has 0 aliphatic rings. The molecule has 0 aliphatic carbocycles. The van der Waals surface area contributed by atoms with Crippen molar-refractivity contribution in [3.8, 4) is 11.5 Å². The summed E-state index contributed by atoms with van der Waals surface area (Å²) in [4.78, 5) is 4.27. The first-order valence-electron chi connectivity index (χ1n) is 6.78. The van der Waals surface area contributed by atoms with Crippen molar-refractivity contribution < 1.29 is 9.13 Å². The third kappa shape index (κ3) is 2.85. The lowest BCUT2D eigenvalue weighted by molar-refractivity contribution is 0.436. The molecule has 0 unspecified atom stereocenters. The van der Waals surface area contributed by atoms with Crippen molar-refractivity contribution in [1.82, 2.24) is 4.98 Å². The molecule has 0 bridgehead atoms. The van der Waals surface area contributed by atoms with Gasteiger partial charge in [0.25, 0.3) is 0 Å². The van der Waals surface area contributed by atoms with Gasteiger partial charge in [-0.1, -0.05) is 18.2 Å². The highest BCUT2D eigenvalue weighted by molar-refractivity contribution is 5.79. The van der Waals surface area contributed by atoms with Crippen LogP contribution in [-0.4, -0.2) is 11.5 Å². The molecule has 3 nitrogen and oxygen atoms in total. The predicted molar refractivity (Wildman–Crippen MR) is 81.0 cm³/mol. The second kappa shape index (κ2) is 5.89. The monoisotopic (exact) mass is 282 g/mol. The fourth-order valence-electron chi connectivity index (χ4n) is 2.25. The van der Waals surface area contributed by atoms with Gasteiger partial charge < -0.3 is 10.5 Å². The van der Waals surface area contributed by atoms with Crippen LogP contribution < -0.4 is 10.5 Å². The quantitative estimate of drug-likeness (QED) is 0.794. The van der Waals surface area contributed by atoms with Crippen LogP contribution in [-0.2, 0) is 6.42 Å². The Kier molecular flexibility index (Phi) is 3.79. The Hall–Kier alpha value is -2.46. The number of hydrogen-bond acceptors (Lipinski definition) is 3. The average Bonchev–Trinajstić information content (AvgIpc) is 2.51. The maximum atomic E-state index is 14.0. The zero-order valence-corrected chi connectivity index (χ0v) is 11.4. The van der Waals surface area contributed by atoms with Crippen molar-refractivity contribution in [2.24, 2.45) is 5.73 Å². The van der Waals surface area contributed by atoms with E-state index < -0.39 is 0 Å². The molecule has 2 aromatic carbocycles. The lowest BCUT2D eigenvalue weighted by Gasteiger charge is -2.12. The van der Waals surface area contributed by atoms with E-state index in [2.05, 4.69) is 4.98 Å². The summed E-state index contributed by atoms with van der Waals surface area (Å²) in [6.45, 7) is 0.444. The van der Waals surface area contributed by atoms with Crippen molar-refractivity contribution >= 4 is 10.9 Å². The lowest BCUT2D eigenvalue weighted by atomic mass is 10.1. The second-order valence-corrected chi connectivity index (χ2v) is 4.73. The van der Waals surface area contributed by atoms with E-state index in [1.54, 1.807) is 18.3 Å². The minimum absolute atomic E-state index is 0.234. The Morgan fingerprint density at radius 1 is 1.10 bits per heavy atom. The van der Waals surface area contributed by atoms with Gasteiger partial charge in [0.1, 0.15) is 5.75 Å². The molecule has 0 amide bonds. The van der Waals surface area contributed by atoms with Gasteiger partial charge in [0, 0.05) is 17.6 Å². The Morgan fingerprint density at radius 3 is 2.86 bits per heavy atom. The van der Waals surface area contributed by atoms with E-state index in [4.69, 9.17) is 10.5 Å². The Labute approximate surface area is 122 Å². The van der Waals surface area contributed by atoms with Gasteiger partial charge in [-0.15, -0.1) is 0 Å². The SMILES string of the molecule is NCCc1cccc(F)c1Oc1ccc2cccnc2c1. The molecule has 0 saturated heterocycles. The Morgan fingerprint density at radius 2 is 2.00 bits per heavy atom. The molecule has 4 heteroatoms. The number of halogens is 1. The molecule has 0 radical (unpaired) electrons. The molecule has 1 heterocycles. The van der Waals surface area contributed by atoms with Gasteiger partial charge in [0.15, 0.2) is 11.6 Å². The number of nitrogens with zero attached hydrogens (tertiary/aromatic N) is 1. The van der Waals surface area contributed by atoms with Crippen molar-refractivity contribution in [3.05, 3.63) is 66.1 Å². The fourth-order valence-corrected chi connectivity index (χ4v) is 2.25. The standard InChI is InChI=1S/C17H15FN2O/c18-15-5-1-3-13(8-9-19)17(15)21-14-7-6-12-4-2-10-20-16(12)11-14/h1-7,10-11H,8-9,19H2. The van der Waals surface area contributed by atoms with Crippen LogP contribution in [0.2, 0.25) is 0 Å². The van der Waals surface area contributed by atoms with Crippen LogP contribution in [0.3, 0.4) is 0 Å². The van der Waals surface area contributed by atoms with Gasteiger partial charge >= 0.3 is 0 Å². The maximum Gasteiger partial charge on any atom is 0.166 e. The zero-order chi connectivity index (χ0) is 14.7. The van der Waals surface area contributed by atoms with E-state index in [1.165, 1.54) is 6.07 Å². The number of nitrogens with two attached hydrogens (primary N) is 1. The van der Waals surface area contributed by atoms with Crippen molar-refractivity contribution in [2.75, 3.05) is 6.54 Å². The Balaban J connectivity index is 1.98. The van der Waals surface area contributed by atoms with Gasteiger partial charge in [-0.3, -0.25) is 4.98 Å². The average molecular weight is 282 g/mol. The van der Waals surface area contributed by atoms with Gasteiger partial charge in [0.2, 0.25) is 0 Å². The molecule has 0 aliphatic heterocycles. The molecule has 21 heavy (non-hydrogen) atoms. The van der Waals surface area contributed by atoms with Gasteiger partial charge in [-0.05, 0) is 42.8 Å². The van der Waals surface area contributed by atoms with Crippen LogP contribution in [0.5, 0.6) is 11.5 Å². The first-order valence-corrected chi connectivity index (χ1v) is 6.78. The van der Waals surface area contributed by atoms with Crippen LogP contribution in [0.1, 0.15) is 5.56 Å². The predicted octanol–water partition coefficient (Wildman–Crippen LogP) is 3.67. The number of fused-ring (bicyclic) bond motifs is 1. The second-order valence-electron chi connectivity index (χ2n) is 4.73. The third-order valence-electron chi connectivity index (χ3n) is 3.26. The molecule has 0 fully saturated rings. The minimum Gasteiger partial charge on any atom is -0.454 e. The smallest absolute Gasteiger partial charge is 0.166 e. The topological polar surface area (TPSA) is 48.1 Å². The summed E-state index contributed by atoms with van der Waals surface area (Å²) in [5, 5.41) is 1.01. The van der Waals surface area contributed by atoms with E-state index in [-0.39, 0.29) is 11.6 Å². The molecular weight excluding hydrogens is 267 g/mol. The van der Waals surface area contributed by atoms with Gasteiger partial charge in [-0.2, -0.15) is 0 Å². The summed E-state index contributed by atoms with van der Waals surface area (Å²) >= 11 is 0. The van der Waals surface area contributed by atoms with Crippen molar-refractivity contribution in [1.29, 1.82) is 0 Å². The van der Waals surface area contributed by atoms with Crippen molar-refractivity contribution in [2.45, 2.75) is 6.42 Å². The van der Waals surface area contributed by atoms with E-state index in [0.717, 1.165) is 16.5 Å². The summed E-state index contributed by atoms with van der Waals surface area (Å²) in [5.74, 6) is 0.407. The third-order valence-corrected chi connectivity index (χ3v) is 3.26. The van der Waals surface area contributed by atoms with Crippen LogP contribution in [0.25, 0.3) is 10.9 Å². The highest BCUT2D eigenvalue weighted by Crippen LogP contribution is 2.30. The highest BCUT2D eigenvalue weighted by atomic mass is 19.1. The summed E-state index contributed by atoms with van der Waals surface area (Å²) in [6, 6.07) is 14.2. The van der Waals surface area contributed by atoms with Crippen LogP contribution in [0.15, 0.2) is 54.7 Å². The molecule has 0 atom stereocenters. The van der Waals surface area contributed by atoms with E-state index in [0.29, 0.717) is 18.7 Å².